The number of likely N-dealkylation sites (N-methyl/N-ethyl adjacent to an activating group) is 1. The Labute approximate surface area is 171 Å². The fraction of sp³-hybridized carbons (Fsp3) is 0.435. The first-order valence-corrected chi connectivity index (χ1v) is 10.6. The van der Waals surface area contributed by atoms with E-state index in [1.54, 1.807) is 7.11 Å². The quantitative estimate of drug-likeness (QED) is 0.517. The van der Waals surface area contributed by atoms with E-state index in [0.29, 0.717) is 5.02 Å². The van der Waals surface area contributed by atoms with Crippen molar-refractivity contribution < 1.29 is 4.74 Å². The highest BCUT2D eigenvalue weighted by atomic mass is 35.5. The number of nitrogens with one attached hydrogen (secondary N) is 1. The lowest BCUT2D eigenvalue weighted by Crippen LogP contribution is -2.36. The minimum atomic E-state index is 0.706. The molecular formula is C23H28ClN3O. The van der Waals surface area contributed by atoms with Crippen LogP contribution in [0.25, 0.3) is 21.8 Å². The van der Waals surface area contributed by atoms with Crippen LogP contribution in [-0.2, 0) is 0 Å². The molecular weight excluding hydrogens is 370 g/mol. The van der Waals surface area contributed by atoms with E-state index in [1.165, 1.54) is 25.7 Å². The van der Waals surface area contributed by atoms with E-state index in [4.69, 9.17) is 21.3 Å². The van der Waals surface area contributed by atoms with Crippen LogP contribution < -0.4 is 10.1 Å². The molecule has 0 radical (unpaired) electrons. The number of fused-ring (bicyclic) bond motifs is 2. The fourth-order valence-corrected chi connectivity index (χ4v) is 4.57. The van der Waals surface area contributed by atoms with E-state index in [1.807, 2.05) is 24.3 Å². The molecule has 0 saturated heterocycles. The monoisotopic (exact) mass is 397 g/mol. The number of nitrogens with zero attached hydrogens (tertiary/aromatic N) is 2. The third-order valence-corrected chi connectivity index (χ3v) is 6.13. The van der Waals surface area contributed by atoms with E-state index in [-0.39, 0.29) is 0 Å². The lowest BCUT2D eigenvalue weighted by Gasteiger charge is -2.27. The highest BCUT2D eigenvalue weighted by Crippen LogP contribution is 2.34. The Kier molecular flexibility index (Phi) is 5.88. The van der Waals surface area contributed by atoms with Gasteiger partial charge >= 0.3 is 0 Å². The molecule has 5 heteroatoms. The molecule has 4 nitrogen and oxygen atoms in total. The molecule has 1 heterocycles. The van der Waals surface area contributed by atoms with Crippen molar-refractivity contribution in [1.29, 1.82) is 0 Å². The average molecular weight is 398 g/mol. The minimum Gasteiger partial charge on any atom is -0.497 e. The van der Waals surface area contributed by atoms with Crippen LogP contribution in [0.2, 0.25) is 5.02 Å². The van der Waals surface area contributed by atoms with E-state index in [9.17, 15) is 0 Å². The smallest absolute Gasteiger partial charge is 0.119 e. The molecule has 1 N–H and O–H groups in total. The summed E-state index contributed by atoms with van der Waals surface area (Å²) in [6.45, 7) is 5.32. The van der Waals surface area contributed by atoms with Crippen molar-refractivity contribution in [2.24, 2.45) is 0 Å². The van der Waals surface area contributed by atoms with Gasteiger partial charge in [-0.15, -0.1) is 0 Å². The van der Waals surface area contributed by atoms with Gasteiger partial charge in [0.1, 0.15) is 5.75 Å². The summed E-state index contributed by atoms with van der Waals surface area (Å²) in [5, 5.41) is 6.59. The standard InChI is InChI=1S/C23H28ClN3O/c1-3-27(17-6-4-5-7-17)13-12-25-23-19-10-8-16(24)14-22(19)26-21-11-9-18(28-2)15-20(21)23/h8-11,14-15,17H,3-7,12-13H2,1-2H3,(H,25,26). The van der Waals surface area contributed by atoms with Gasteiger partial charge in [-0.2, -0.15) is 0 Å². The number of ether oxygens (including phenoxy) is 1. The van der Waals surface area contributed by atoms with Gasteiger partial charge in [0.15, 0.2) is 0 Å². The van der Waals surface area contributed by atoms with Gasteiger partial charge < -0.3 is 10.1 Å². The first-order chi connectivity index (χ1) is 13.7. The molecule has 2 aromatic carbocycles. The summed E-state index contributed by atoms with van der Waals surface area (Å²) in [6, 6.07) is 12.7. The van der Waals surface area contributed by atoms with Crippen molar-refractivity contribution in [2.75, 3.05) is 32.1 Å². The van der Waals surface area contributed by atoms with Crippen molar-refractivity contribution >= 4 is 39.1 Å². The molecule has 1 aliphatic rings. The zero-order chi connectivity index (χ0) is 19.5. The van der Waals surface area contributed by atoms with Crippen LogP contribution >= 0.6 is 11.6 Å². The zero-order valence-electron chi connectivity index (χ0n) is 16.7. The number of anilines is 1. The van der Waals surface area contributed by atoms with Gasteiger partial charge in [0.25, 0.3) is 0 Å². The molecule has 3 aromatic rings. The van der Waals surface area contributed by atoms with E-state index in [2.05, 4.69) is 29.3 Å². The first kappa shape index (κ1) is 19.3. The first-order valence-electron chi connectivity index (χ1n) is 10.2. The average Bonchev–Trinajstić information content (AvgIpc) is 3.24. The molecule has 28 heavy (non-hydrogen) atoms. The summed E-state index contributed by atoms with van der Waals surface area (Å²) in [7, 11) is 1.70. The molecule has 0 amide bonds. The van der Waals surface area contributed by atoms with Crippen molar-refractivity contribution in [2.45, 2.75) is 38.6 Å². The van der Waals surface area contributed by atoms with Crippen LogP contribution in [0.1, 0.15) is 32.6 Å². The Morgan fingerprint density at radius 2 is 1.93 bits per heavy atom. The van der Waals surface area contributed by atoms with Crippen molar-refractivity contribution in [3.05, 3.63) is 41.4 Å². The van der Waals surface area contributed by atoms with Gasteiger partial charge in [0.2, 0.25) is 0 Å². The summed E-state index contributed by atoms with van der Waals surface area (Å²) in [6.07, 6.45) is 5.42. The zero-order valence-corrected chi connectivity index (χ0v) is 17.4. The van der Waals surface area contributed by atoms with E-state index < -0.39 is 0 Å². The molecule has 1 fully saturated rings. The Hall–Kier alpha value is -2.04. The maximum Gasteiger partial charge on any atom is 0.119 e. The van der Waals surface area contributed by atoms with Gasteiger partial charge in [-0.25, -0.2) is 4.98 Å². The summed E-state index contributed by atoms with van der Waals surface area (Å²) in [5.41, 5.74) is 2.97. The highest BCUT2D eigenvalue weighted by Gasteiger charge is 2.21. The summed E-state index contributed by atoms with van der Waals surface area (Å²) in [5.74, 6) is 0.840. The van der Waals surface area contributed by atoms with Crippen LogP contribution in [0.3, 0.4) is 0 Å². The molecule has 0 spiro atoms. The van der Waals surface area contributed by atoms with Gasteiger partial charge in [-0.3, -0.25) is 4.90 Å². The predicted octanol–water partition coefficient (Wildman–Crippen LogP) is 5.73. The summed E-state index contributed by atoms with van der Waals surface area (Å²) in [4.78, 5) is 7.42. The van der Waals surface area contributed by atoms with Gasteiger partial charge in [-0.05, 0) is 55.8 Å². The number of pyridine rings is 1. The van der Waals surface area contributed by atoms with Gasteiger partial charge in [0, 0.05) is 34.9 Å². The van der Waals surface area contributed by atoms with Gasteiger partial charge in [-0.1, -0.05) is 31.4 Å². The van der Waals surface area contributed by atoms with E-state index >= 15 is 0 Å². The number of benzene rings is 2. The van der Waals surface area contributed by atoms with E-state index in [0.717, 1.165) is 58.9 Å². The third-order valence-electron chi connectivity index (χ3n) is 5.89. The van der Waals surface area contributed by atoms with Crippen molar-refractivity contribution in [3.63, 3.8) is 0 Å². The minimum absolute atomic E-state index is 0.706. The fourth-order valence-electron chi connectivity index (χ4n) is 4.41. The Balaban J connectivity index is 1.66. The number of aromatic nitrogens is 1. The maximum absolute atomic E-state index is 6.22. The van der Waals surface area contributed by atoms with Crippen LogP contribution in [0.15, 0.2) is 36.4 Å². The Morgan fingerprint density at radius 1 is 1.11 bits per heavy atom. The number of methoxy groups -OCH3 is 1. The molecule has 0 aliphatic heterocycles. The maximum atomic E-state index is 6.22. The molecule has 0 unspecified atom stereocenters. The van der Waals surface area contributed by atoms with Crippen molar-refractivity contribution in [3.8, 4) is 5.75 Å². The topological polar surface area (TPSA) is 37.4 Å². The normalized spacial score (nSPS) is 15.0. The predicted molar refractivity (Wildman–Crippen MR) is 119 cm³/mol. The molecule has 0 bridgehead atoms. The molecule has 1 aliphatic carbocycles. The lowest BCUT2D eigenvalue weighted by atomic mass is 10.1. The number of rotatable bonds is 7. The molecule has 0 atom stereocenters. The molecule has 1 saturated carbocycles. The second kappa shape index (κ2) is 8.54. The highest BCUT2D eigenvalue weighted by molar-refractivity contribution is 6.31. The SMILES string of the molecule is CCN(CCNc1c2ccc(Cl)cc2nc2ccc(OC)cc12)C1CCCC1. The Bertz CT molecular complexity index is 969. The lowest BCUT2D eigenvalue weighted by molar-refractivity contribution is 0.217. The molecule has 1 aromatic heterocycles. The number of hydrogen-bond donors (Lipinski definition) is 1. The second-order valence-electron chi connectivity index (χ2n) is 7.53. The summed E-state index contributed by atoms with van der Waals surface area (Å²) < 4.78 is 5.45. The van der Waals surface area contributed by atoms with Crippen LogP contribution in [-0.4, -0.2) is 42.7 Å². The number of halogens is 1. The molecule has 148 valence electrons. The Morgan fingerprint density at radius 3 is 2.68 bits per heavy atom. The third kappa shape index (κ3) is 3.89. The second-order valence-corrected chi connectivity index (χ2v) is 7.96. The number of hydrogen-bond acceptors (Lipinski definition) is 4. The molecule has 4 rings (SSSR count). The van der Waals surface area contributed by atoms with Crippen LogP contribution in [0.5, 0.6) is 5.75 Å². The van der Waals surface area contributed by atoms with Crippen LogP contribution in [0, 0.1) is 0 Å². The van der Waals surface area contributed by atoms with Gasteiger partial charge in [0.05, 0.1) is 23.8 Å². The van der Waals surface area contributed by atoms with Crippen molar-refractivity contribution in [1.82, 2.24) is 9.88 Å². The largest absolute Gasteiger partial charge is 0.497 e. The summed E-state index contributed by atoms with van der Waals surface area (Å²) >= 11 is 6.22. The van der Waals surface area contributed by atoms with Crippen LogP contribution in [0.4, 0.5) is 5.69 Å².